The molecule has 0 aliphatic rings. The van der Waals surface area contributed by atoms with Gasteiger partial charge >= 0.3 is 0 Å². The molecule has 0 N–H and O–H groups in total. The van der Waals surface area contributed by atoms with E-state index in [-0.39, 0.29) is 7.43 Å². The molecule has 0 aromatic carbocycles. The van der Waals surface area contributed by atoms with Crippen LogP contribution in [0.4, 0.5) is 0 Å². The first-order valence-electron chi connectivity index (χ1n) is 2.99. The van der Waals surface area contributed by atoms with Crippen LogP contribution < -0.4 is 0 Å². The summed E-state index contributed by atoms with van der Waals surface area (Å²) in [7, 11) is 0. The Morgan fingerprint density at radius 1 is 1.00 bits per heavy atom. The molecule has 0 aromatic heterocycles. The largest absolute Gasteiger partial charge is 0.381 e. The Bertz CT molecular complexity index is 23.6. The van der Waals surface area contributed by atoms with Gasteiger partial charge in [-0.05, 0) is 12.8 Å². The van der Waals surface area contributed by atoms with Crippen molar-refractivity contribution in [3.05, 3.63) is 0 Å². The Kier molecular flexibility index (Phi) is 13.6. The van der Waals surface area contributed by atoms with Gasteiger partial charge in [0.25, 0.3) is 0 Å². The van der Waals surface area contributed by atoms with Gasteiger partial charge in [-0.25, -0.2) is 0 Å². The van der Waals surface area contributed by atoms with Crippen molar-refractivity contribution < 1.29 is 4.74 Å². The van der Waals surface area contributed by atoms with Crippen LogP contribution in [0.5, 0.6) is 0 Å². The molecule has 0 unspecified atom stereocenters. The van der Waals surface area contributed by atoms with Crippen molar-refractivity contribution in [2.45, 2.75) is 34.1 Å². The van der Waals surface area contributed by atoms with Gasteiger partial charge in [-0.3, -0.25) is 0 Å². The van der Waals surface area contributed by atoms with Crippen molar-refractivity contribution in [3.8, 4) is 0 Å². The third kappa shape index (κ3) is 9.35. The van der Waals surface area contributed by atoms with Gasteiger partial charge in [0.1, 0.15) is 0 Å². The van der Waals surface area contributed by atoms with Crippen LogP contribution in [0, 0.1) is 0 Å². The van der Waals surface area contributed by atoms with Crippen molar-refractivity contribution in [1.29, 1.82) is 0 Å². The predicted octanol–water partition coefficient (Wildman–Crippen LogP) is 2.46. The summed E-state index contributed by atoms with van der Waals surface area (Å²) < 4.78 is 5.13. The molecule has 0 fully saturated rings. The molecule has 1 heteroatoms. The maximum atomic E-state index is 5.13. The van der Waals surface area contributed by atoms with E-state index in [0.717, 1.165) is 26.1 Å². The fourth-order valence-corrected chi connectivity index (χ4v) is 0.391. The van der Waals surface area contributed by atoms with E-state index >= 15 is 0 Å². The van der Waals surface area contributed by atoms with Crippen molar-refractivity contribution in [1.82, 2.24) is 0 Å². The van der Waals surface area contributed by atoms with Crippen molar-refractivity contribution in [2.75, 3.05) is 13.2 Å². The van der Waals surface area contributed by atoms with Crippen LogP contribution >= 0.6 is 0 Å². The molecule has 0 aliphatic carbocycles. The summed E-state index contributed by atoms with van der Waals surface area (Å²) in [5, 5.41) is 0. The van der Waals surface area contributed by atoms with E-state index in [2.05, 4.69) is 13.8 Å². The normalized spacial score (nSPS) is 8.25. The van der Waals surface area contributed by atoms with Gasteiger partial charge in [0, 0.05) is 13.2 Å². The average molecular weight is 118 g/mol. The Labute approximate surface area is 53.0 Å². The highest BCUT2D eigenvalue weighted by Gasteiger charge is 1.77. The topological polar surface area (TPSA) is 9.23 Å². The summed E-state index contributed by atoms with van der Waals surface area (Å²) in [4.78, 5) is 0. The lowest BCUT2D eigenvalue weighted by Crippen LogP contribution is -1.92. The minimum Gasteiger partial charge on any atom is -0.381 e. The highest BCUT2D eigenvalue weighted by molar-refractivity contribution is 4.25. The second kappa shape index (κ2) is 10.0. The monoisotopic (exact) mass is 118 g/mol. The van der Waals surface area contributed by atoms with Crippen LogP contribution in [0.25, 0.3) is 0 Å². The molecule has 0 heterocycles. The summed E-state index contributed by atoms with van der Waals surface area (Å²) in [5.74, 6) is 0. The molecule has 0 amide bonds. The van der Waals surface area contributed by atoms with Crippen LogP contribution in [0.1, 0.15) is 34.1 Å². The van der Waals surface area contributed by atoms with Crippen molar-refractivity contribution in [3.63, 3.8) is 0 Å². The lowest BCUT2D eigenvalue weighted by atomic mass is 10.5. The standard InChI is InChI=1S/C6H14O.CH4/c1-3-5-7-6-4-2;/h3-6H2,1-2H3;1H4. The van der Waals surface area contributed by atoms with E-state index in [0.29, 0.717) is 0 Å². The van der Waals surface area contributed by atoms with E-state index < -0.39 is 0 Å². The average Bonchev–Trinajstić information content (AvgIpc) is 1.69. The van der Waals surface area contributed by atoms with Crippen LogP contribution in [0.2, 0.25) is 0 Å². The summed E-state index contributed by atoms with van der Waals surface area (Å²) >= 11 is 0. The molecule has 0 aliphatic heterocycles. The molecule has 0 atom stereocenters. The van der Waals surface area contributed by atoms with Crippen molar-refractivity contribution >= 4 is 0 Å². The minimum atomic E-state index is 0. The molecule has 0 saturated heterocycles. The summed E-state index contributed by atoms with van der Waals surface area (Å²) in [6.07, 6.45) is 2.28. The molecule has 0 radical (unpaired) electrons. The zero-order valence-corrected chi connectivity index (χ0v) is 5.24. The van der Waals surface area contributed by atoms with E-state index in [4.69, 9.17) is 4.74 Å². The lowest BCUT2D eigenvalue weighted by Gasteiger charge is -1.95. The third-order valence-corrected chi connectivity index (χ3v) is 0.697. The molecular weight excluding hydrogens is 100 g/mol. The Hall–Kier alpha value is -0.0400. The third-order valence-electron chi connectivity index (χ3n) is 0.697. The van der Waals surface area contributed by atoms with Crippen molar-refractivity contribution in [2.24, 2.45) is 0 Å². The number of hydrogen-bond acceptors (Lipinski definition) is 1. The highest BCUT2D eigenvalue weighted by Crippen LogP contribution is 1.81. The van der Waals surface area contributed by atoms with Gasteiger partial charge in [-0.1, -0.05) is 21.3 Å². The SMILES string of the molecule is C.CCCOCCC. The fourth-order valence-electron chi connectivity index (χ4n) is 0.391. The quantitative estimate of drug-likeness (QED) is 0.515. The molecule has 0 aromatic rings. The second-order valence-electron chi connectivity index (χ2n) is 1.61. The number of hydrogen-bond donors (Lipinski definition) is 0. The van der Waals surface area contributed by atoms with Crippen LogP contribution in [-0.2, 0) is 4.74 Å². The lowest BCUT2D eigenvalue weighted by molar-refractivity contribution is 0.135. The Balaban J connectivity index is 0. The zero-order chi connectivity index (χ0) is 5.54. The fraction of sp³-hybridized carbons (Fsp3) is 1.00. The Morgan fingerprint density at radius 2 is 1.38 bits per heavy atom. The first kappa shape index (κ1) is 10.9. The van der Waals surface area contributed by atoms with Crippen LogP contribution in [-0.4, -0.2) is 13.2 Å². The molecule has 0 spiro atoms. The van der Waals surface area contributed by atoms with Gasteiger partial charge < -0.3 is 4.74 Å². The molecule has 8 heavy (non-hydrogen) atoms. The smallest absolute Gasteiger partial charge is 0.0463 e. The van der Waals surface area contributed by atoms with Gasteiger partial charge in [-0.15, -0.1) is 0 Å². The zero-order valence-electron chi connectivity index (χ0n) is 5.24. The van der Waals surface area contributed by atoms with Crippen LogP contribution in [0.3, 0.4) is 0 Å². The molecular formula is C7H18O. The van der Waals surface area contributed by atoms with Gasteiger partial charge in [-0.2, -0.15) is 0 Å². The van der Waals surface area contributed by atoms with Gasteiger partial charge in [0.05, 0.1) is 0 Å². The molecule has 0 bridgehead atoms. The van der Waals surface area contributed by atoms with Gasteiger partial charge in [0.15, 0.2) is 0 Å². The minimum absolute atomic E-state index is 0. The number of rotatable bonds is 4. The van der Waals surface area contributed by atoms with Gasteiger partial charge in [0.2, 0.25) is 0 Å². The summed E-state index contributed by atoms with van der Waals surface area (Å²) in [6.45, 7) is 6.09. The number of ether oxygens (including phenoxy) is 1. The molecule has 1 nitrogen and oxygen atoms in total. The Morgan fingerprint density at radius 3 is 1.62 bits per heavy atom. The van der Waals surface area contributed by atoms with E-state index in [1.165, 1.54) is 0 Å². The first-order valence-corrected chi connectivity index (χ1v) is 2.99. The van der Waals surface area contributed by atoms with E-state index in [9.17, 15) is 0 Å². The maximum Gasteiger partial charge on any atom is 0.0463 e. The first-order chi connectivity index (χ1) is 3.41. The summed E-state index contributed by atoms with van der Waals surface area (Å²) in [5.41, 5.74) is 0. The molecule has 0 rings (SSSR count). The second-order valence-corrected chi connectivity index (χ2v) is 1.61. The highest BCUT2D eigenvalue weighted by atomic mass is 16.5. The predicted molar refractivity (Wildman–Crippen MR) is 38.1 cm³/mol. The maximum absolute atomic E-state index is 5.13. The van der Waals surface area contributed by atoms with E-state index in [1.54, 1.807) is 0 Å². The summed E-state index contributed by atoms with van der Waals surface area (Å²) in [6, 6.07) is 0. The molecule has 52 valence electrons. The van der Waals surface area contributed by atoms with Crippen LogP contribution in [0.15, 0.2) is 0 Å². The van der Waals surface area contributed by atoms with E-state index in [1.807, 2.05) is 0 Å². The molecule has 0 saturated carbocycles.